The molecule has 5 nitrogen and oxygen atoms in total. The summed E-state index contributed by atoms with van der Waals surface area (Å²) in [6, 6.07) is 1.51. The number of aryl methyl sites for hydroxylation is 2. The average Bonchev–Trinajstić information content (AvgIpc) is 2.74. The SMILES string of the molecule is Cc1c2c(C(F)F)cc(N3CCNCC3)nc2nn1C. The highest BCUT2D eigenvalue weighted by Gasteiger charge is 2.22. The average molecular weight is 281 g/mol. The van der Waals surface area contributed by atoms with E-state index in [1.54, 1.807) is 18.7 Å². The van der Waals surface area contributed by atoms with Crippen molar-refractivity contribution in [3.05, 3.63) is 17.3 Å². The maximum absolute atomic E-state index is 13.3. The van der Waals surface area contributed by atoms with Crippen LogP contribution < -0.4 is 10.2 Å². The first-order chi connectivity index (χ1) is 9.58. The van der Waals surface area contributed by atoms with Gasteiger partial charge >= 0.3 is 0 Å². The summed E-state index contributed by atoms with van der Waals surface area (Å²) in [6.45, 7) is 5.00. The van der Waals surface area contributed by atoms with Crippen molar-refractivity contribution in [3.8, 4) is 0 Å². The molecule has 0 bridgehead atoms. The van der Waals surface area contributed by atoms with Gasteiger partial charge < -0.3 is 10.2 Å². The van der Waals surface area contributed by atoms with E-state index >= 15 is 0 Å². The van der Waals surface area contributed by atoms with Gasteiger partial charge in [0.15, 0.2) is 5.65 Å². The summed E-state index contributed by atoms with van der Waals surface area (Å²) in [5, 5.41) is 7.95. The Labute approximate surface area is 115 Å². The summed E-state index contributed by atoms with van der Waals surface area (Å²) < 4.78 is 28.3. The Balaban J connectivity index is 2.15. The van der Waals surface area contributed by atoms with E-state index in [4.69, 9.17) is 0 Å². The second-order valence-electron chi connectivity index (χ2n) is 5.02. The molecule has 2 aromatic rings. The van der Waals surface area contributed by atoms with Gasteiger partial charge in [-0.15, -0.1) is 0 Å². The van der Waals surface area contributed by atoms with Crippen molar-refractivity contribution < 1.29 is 8.78 Å². The molecule has 3 rings (SSSR count). The summed E-state index contributed by atoms with van der Waals surface area (Å²) in [6.07, 6.45) is -2.52. The molecule has 1 saturated heterocycles. The largest absolute Gasteiger partial charge is 0.354 e. The highest BCUT2D eigenvalue weighted by atomic mass is 19.3. The normalized spacial score (nSPS) is 16.4. The molecule has 0 aliphatic carbocycles. The van der Waals surface area contributed by atoms with Gasteiger partial charge in [0, 0.05) is 44.5 Å². The van der Waals surface area contributed by atoms with Crippen LogP contribution in [0.25, 0.3) is 11.0 Å². The van der Waals surface area contributed by atoms with Crippen LogP contribution in [0.5, 0.6) is 0 Å². The first kappa shape index (κ1) is 13.2. The Bertz CT molecular complexity index is 631. The third-order valence-corrected chi connectivity index (χ3v) is 3.79. The number of hydrogen-bond donors (Lipinski definition) is 1. The number of anilines is 1. The van der Waals surface area contributed by atoms with Gasteiger partial charge in [0.25, 0.3) is 6.43 Å². The minimum atomic E-state index is -2.52. The fourth-order valence-electron chi connectivity index (χ4n) is 2.59. The van der Waals surface area contributed by atoms with Crippen LogP contribution in [-0.2, 0) is 7.05 Å². The molecule has 0 amide bonds. The first-order valence-corrected chi connectivity index (χ1v) is 6.66. The summed E-state index contributed by atoms with van der Waals surface area (Å²) in [4.78, 5) is 6.48. The number of nitrogens with one attached hydrogen (secondary N) is 1. The minimum absolute atomic E-state index is 0.0223. The standard InChI is InChI=1S/C13H17F2N5/c1-8-11-9(12(14)15)7-10(17-13(11)18-19(8)2)20-5-3-16-4-6-20/h7,12,16H,3-6H2,1-2H3. The van der Waals surface area contributed by atoms with Crippen LogP contribution in [0.1, 0.15) is 17.7 Å². The number of hydrogen-bond acceptors (Lipinski definition) is 4. The lowest BCUT2D eigenvalue weighted by atomic mass is 10.1. The van der Waals surface area contributed by atoms with Crippen molar-refractivity contribution in [2.75, 3.05) is 31.1 Å². The number of fused-ring (bicyclic) bond motifs is 1. The third-order valence-electron chi connectivity index (χ3n) is 3.79. The van der Waals surface area contributed by atoms with Crippen LogP contribution in [0.2, 0.25) is 0 Å². The second-order valence-corrected chi connectivity index (χ2v) is 5.02. The van der Waals surface area contributed by atoms with Crippen molar-refractivity contribution in [1.82, 2.24) is 20.1 Å². The third kappa shape index (κ3) is 2.11. The molecule has 0 saturated carbocycles. The molecule has 0 unspecified atom stereocenters. The number of alkyl halides is 2. The molecule has 108 valence electrons. The van der Waals surface area contributed by atoms with Crippen molar-refractivity contribution >= 4 is 16.9 Å². The van der Waals surface area contributed by atoms with Crippen LogP contribution >= 0.6 is 0 Å². The maximum atomic E-state index is 13.3. The molecule has 2 aromatic heterocycles. The summed E-state index contributed by atoms with van der Waals surface area (Å²) in [5.41, 5.74) is 1.14. The van der Waals surface area contributed by atoms with Gasteiger partial charge in [0.2, 0.25) is 0 Å². The lowest BCUT2D eigenvalue weighted by Crippen LogP contribution is -2.43. The Morgan fingerprint density at radius 3 is 2.65 bits per heavy atom. The lowest BCUT2D eigenvalue weighted by Gasteiger charge is -2.28. The van der Waals surface area contributed by atoms with E-state index in [1.165, 1.54) is 6.07 Å². The Morgan fingerprint density at radius 1 is 1.30 bits per heavy atom. The van der Waals surface area contributed by atoms with Gasteiger partial charge in [-0.05, 0) is 13.0 Å². The smallest absolute Gasteiger partial charge is 0.264 e. The van der Waals surface area contributed by atoms with Gasteiger partial charge in [-0.1, -0.05) is 0 Å². The fraction of sp³-hybridized carbons (Fsp3) is 0.538. The molecule has 1 fully saturated rings. The van der Waals surface area contributed by atoms with E-state index in [2.05, 4.69) is 15.4 Å². The van der Waals surface area contributed by atoms with Crippen LogP contribution in [0, 0.1) is 6.92 Å². The number of pyridine rings is 1. The van der Waals surface area contributed by atoms with Crippen LogP contribution in [0.15, 0.2) is 6.07 Å². The summed E-state index contributed by atoms with van der Waals surface area (Å²) in [7, 11) is 1.75. The zero-order valence-corrected chi connectivity index (χ0v) is 11.5. The minimum Gasteiger partial charge on any atom is -0.354 e. The number of aromatic nitrogens is 3. The lowest BCUT2D eigenvalue weighted by molar-refractivity contribution is 0.153. The van der Waals surface area contributed by atoms with E-state index in [9.17, 15) is 8.78 Å². The molecule has 1 aliphatic heterocycles. The van der Waals surface area contributed by atoms with E-state index < -0.39 is 6.43 Å². The van der Waals surface area contributed by atoms with E-state index in [0.29, 0.717) is 16.9 Å². The highest BCUT2D eigenvalue weighted by Crippen LogP contribution is 2.32. The Kier molecular flexibility index (Phi) is 3.29. The van der Waals surface area contributed by atoms with E-state index in [0.717, 1.165) is 31.9 Å². The molecular weight excluding hydrogens is 264 g/mol. The van der Waals surface area contributed by atoms with Gasteiger partial charge in [0.05, 0.1) is 5.39 Å². The van der Waals surface area contributed by atoms with Crippen LogP contribution in [-0.4, -0.2) is 40.9 Å². The Morgan fingerprint density at radius 2 is 2.00 bits per heavy atom. The predicted octanol–water partition coefficient (Wildman–Crippen LogP) is 1.62. The van der Waals surface area contributed by atoms with Crippen molar-refractivity contribution in [2.45, 2.75) is 13.3 Å². The number of halogens is 2. The monoisotopic (exact) mass is 281 g/mol. The molecule has 20 heavy (non-hydrogen) atoms. The molecule has 0 radical (unpaired) electrons. The molecule has 0 aromatic carbocycles. The molecule has 3 heterocycles. The highest BCUT2D eigenvalue weighted by molar-refractivity contribution is 5.84. The quantitative estimate of drug-likeness (QED) is 0.908. The van der Waals surface area contributed by atoms with Crippen molar-refractivity contribution in [2.24, 2.45) is 7.05 Å². The number of piperazine rings is 1. The van der Waals surface area contributed by atoms with Crippen LogP contribution in [0.4, 0.5) is 14.6 Å². The van der Waals surface area contributed by atoms with Gasteiger partial charge in [-0.2, -0.15) is 5.10 Å². The van der Waals surface area contributed by atoms with E-state index in [1.807, 2.05) is 4.90 Å². The predicted molar refractivity (Wildman–Crippen MR) is 73.3 cm³/mol. The van der Waals surface area contributed by atoms with Crippen molar-refractivity contribution in [3.63, 3.8) is 0 Å². The summed E-state index contributed by atoms with van der Waals surface area (Å²) in [5.74, 6) is 0.590. The second kappa shape index (κ2) is 4.97. The van der Waals surface area contributed by atoms with Gasteiger partial charge in [-0.25, -0.2) is 13.8 Å². The van der Waals surface area contributed by atoms with Crippen molar-refractivity contribution in [1.29, 1.82) is 0 Å². The number of rotatable bonds is 2. The zero-order chi connectivity index (χ0) is 14.3. The molecule has 0 atom stereocenters. The molecule has 7 heteroatoms. The van der Waals surface area contributed by atoms with Gasteiger partial charge in [0.1, 0.15) is 5.82 Å². The molecule has 1 N–H and O–H groups in total. The van der Waals surface area contributed by atoms with E-state index in [-0.39, 0.29) is 5.56 Å². The first-order valence-electron chi connectivity index (χ1n) is 6.66. The topological polar surface area (TPSA) is 46.0 Å². The molecule has 0 spiro atoms. The Hall–Kier alpha value is -1.76. The zero-order valence-electron chi connectivity index (χ0n) is 11.5. The molecule has 1 aliphatic rings. The number of nitrogens with zero attached hydrogens (tertiary/aromatic N) is 4. The molecular formula is C13H17F2N5. The maximum Gasteiger partial charge on any atom is 0.264 e. The fourth-order valence-corrected chi connectivity index (χ4v) is 2.59. The van der Waals surface area contributed by atoms with Crippen LogP contribution in [0.3, 0.4) is 0 Å². The summed E-state index contributed by atoms with van der Waals surface area (Å²) >= 11 is 0. The van der Waals surface area contributed by atoms with Gasteiger partial charge in [-0.3, -0.25) is 4.68 Å².